The Bertz CT molecular complexity index is 611. The molecule has 15 heteroatoms. The van der Waals surface area contributed by atoms with E-state index in [1.165, 1.54) is 76.2 Å². The van der Waals surface area contributed by atoms with E-state index in [0.29, 0.717) is 5.25 Å². The van der Waals surface area contributed by atoms with E-state index in [0.717, 1.165) is 0 Å². The minimum atomic E-state index is -4.56. The molecule has 33 heavy (non-hydrogen) atoms. The van der Waals surface area contributed by atoms with Crippen LogP contribution < -0.4 is 29.4 Å². The maximum Gasteiger partial charge on any atom is 2.00 e. The van der Waals surface area contributed by atoms with Crippen LogP contribution in [-0.4, -0.2) is 129 Å². The van der Waals surface area contributed by atoms with Gasteiger partial charge in [0.2, 0.25) is 0 Å². The molecule has 7 nitrogen and oxygen atoms in total. The van der Waals surface area contributed by atoms with Crippen molar-refractivity contribution in [2.75, 3.05) is 0 Å². The fraction of sp³-hybridized carbons (Fsp3) is 0.778. The molecule has 1 aliphatic carbocycles. The average Bonchev–Trinajstić information content (AvgIpc) is 3.24. The second kappa shape index (κ2) is 24.4. The third kappa shape index (κ3) is 34.6. The standard InChI is InChI=1S/C18H30OS.3Ca.2H3O3PS/c1-2-3-4-5-6-7-8-9-10-11-12-16-13-14-18(19)17(15-16)20-18;;;;2*1-4(2,3)5/h13-15,17,19H,2-12H2,1H3;;;;2*(H3,1,2,3,5)/q;3*+2;;/p-6. The van der Waals surface area contributed by atoms with Gasteiger partial charge in [0.05, 0.1) is 5.25 Å². The zero-order valence-corrected chi connectivity index (χ0v) is 30.1. The van der Waals surface area contributed by atoms with Crippen LogP contribution in [0.4, 0.5) is 0 Å². The number of allylic oxidation sites excluding steroid dienone is 2. The minimum Gasteiger partial charge on any atom is -0.844 e. The van der Waals surface area contributed by atoms with Crippen molar-refractivity contribution < 1.29 is 34.5 Å². The van der Waals surface area contributed by atoms with Gasteiger partial charge in [-0.1, -0.05) is 82.4 Å². The number of hydrogen-bond donors (Lipinski definition) is 1. The van der Waals surface area contributed by atoms with Crippen molar-refractivity contribution in [3.05, 3.63) is 23.8 Å². The van der Waals surface area contributed by atoms with Crippen molar-refractivity contribution in [2.24, 2.45) is 0 Å². The zero-order valence-electron chi connectivity index (χ0n) is 19.2. The monoisotopic (exact) mass is 636 g/mol. The Labute approximate surface area is 302 Å². The summed E-state index contributed by atoms with van der Waals surface area (Å²) < 4.78 is 0. The van der Waals surface area contributed by atoms with Crippen LogP contribution in [0, 0.1) is 0 Å². The van der Waals surface area contributed by atoms with Crippen molar-refractivity contribution in [3.8, 4) is 0 Å². The third-order valence-electron chi connectivity index (χ3n) is 4.39. The van der Waals surface area contributed by atoms with Gasteiger partial charge in [-0.05, 0) is 18.9 Å². The molecule has 1 N–H and O–H groups in total. The van der Waals surface area contributed by atoms with E-state index in [2.05, 4.69) is 42.7 Å². The van der Waals surface area contributed by atoms with Gasteiger partial charge in [0, 0.05) is 0 Å². The fourth-order valence-corrected chi connectivity index (χ4v) is 3.79. The molecule has 0 bridgehead atoms. The van der Waals surface area contributed by atoms with Crippen LogP contribution in [0.2, 0.25) is 0 Å². The molecule has 0 spiro atoms. The molecule has 1 aliphatic heterocycles. The topological polar surface area (TPSA) is 159 Å². The van der Waals surface area contributed by atoms with E-state index in [9.17, 15) is 5.11 Å². The number of fused-ring (bicyclic) bond motifs is 1. The molecular weight excluding hydrogens is 607 g/mol. The summed E-state index contributed by atoms with van der Waals surface area (Å²) in [6, 6.07) is 0. The van der Waals surface area contributed by atoms with Crippen molar-refractivity contribution in [1.82, 2.24) is 0 Å². The maximum atomic E-state index is 9.84. The molecule has 2 rings (SSSR count). The largest absolute Gasteiger partial charge is 2.00 e. The molecule has 0 aromatic carbocycles. The number of unbranched alkanes of at least 4 members (excludes halogenated alkanes) is 9. The molecule has 2 unspecified atom stereocenters. The first kappa shape index (κ1) is 44.6. The van der Waals surface area contributed by atoms with Crippen LogP contribution in [0.5, 0.6) is 0 Å². The molecule has 1 fully saturated rings. The van der Waals surface area contributed by atoms with Crippen LogP contribution in [0.1, 0.15) is 77.6 Å². The van der Waals surface area contributed by atoms with Crippen molar-refractivity contribution in [2.45, 2.75) is 87.7 Å². The Morgan fingerprint density at radius 1 is 0.818 bits per heavy atom. The summed E-state index contributed by atoms with van der Waals surface area (Å²) in [7, 11) is 0. The van der Waals surface area contributed by atoms with Crippen molar-refractivity contribution in [3.63, 3.8) is 0 Å². The number of aliphatic hydroxyl groups is 1. The van der Waals surface area contributed by atoms with Crippen molar-refractivity contribution >= 4 is 162 Å². The quantitative estimate of drug-likeness (QED) is 0.130. The second-order valence-corrected chi connectivity index (χ2v) is 13.1. The molecule has 0 amide bonds. The van der Waals surface area contributed by atoms with Gasteiger partial charge in [-0.3, -0.25) is 0 Å². The predicted octanol–water partition coefficient (Wildman–Crippen LogP) is -0.961. The summed E-state index contributed by atoms with van der Waals surface area (Å²) in [4.78, 5) is 53.0. The molecular formula is C18H30Ca3O7P2S3. The summed E-state index contributed by atoms with van der Waals surface area (Å²) in [6.45, 7) is -6.83. The molecule has 178 valence electrons. The van der Waals surface area contributed by atoms with Gasteiger partial charge < -0.3 is 47.9 Å². The number of hydrogen-bond acceptors (Lipinski definition) is 10. The van der Waals surface area contributed by atoms with E-state index < -0.39 is 18.4 Å². The van der Waals surface area contributed by atoms with Gasteiger partial charge in [-0.15, -0.1) is 11.8 Å². The second-order valence-electron chi connectivity index (χ2n) is 7.19. The fourth-order valence-electron chi connectivity index (χ4n) is 2.92. The molecule has 0 saturated carbocycles. The van der Waals surface area contributed by atoms with Crippen LogP contribution >= 0.6 is 25.2 Å². The van der Waals surface area contributed by atoms with Crippen molar-refractivity contribution in [1.29, 1.82) is 0 Å². The first-order valence-electron chi connectivity index (χ1n) is 10.0. The van der Waals surface area contributed by atoms with Gasteiger partial charge in [-0.2, -0.15) is 23.6 Å². The Morgan fingerprint density at radius 3 is 1.55 bits per heavy atom. The molecule has 0 radical (unpaired) electrons. The van der Waals surface area contributed by atoms with E-state index >= 15 is 0 Å². The summed E-state index contributed by atoms with van der Waals surface area (Å²) >= 11 is 8.20. The minimum absolute atomic E-state index is 0. The Hall–Kier alpha value is 4.63. The van der Waals surface area contributed by atoms with Gasteiger partial charge in [0.1, 0.15) is 4.93 Å². The first-order valence-corrected chi connectivity index (χ1v) is 16.0. The van der Waals surface area contributed by atoms with Crippen LogP contribution in [0.15, 0.2) is 23.8 Å². The molecule has 2 aliphatic rings. The summed E-state index contributed by atoms with van der Waals surface area (Å²) in [6.07, 6.45) is 21.5. The molecule has 2 atom stereocenters. The predicted molar refractivity (Wildman–Crippen MR) is 136 cm³/mol. The maximum absolute atomic E-state index is 9.84. The van der Waals surface area contributed by atoms with Crippen LogP contribution in [-0.2, 0) is 23.6 Å². The summed E-state index contributed by atoms with van der Waals surface area (Å²) in [5.74, 6) is 0. The number of rotatable bonds is 11. The van der Waals surface area contributed by atoms with E-state index in [1.54, 1.807) is 11.8 Å². The van der Waals surface area contributed by atoms with E-state index in [1.807, 2.05) is 6.08 Å². The summed E-state index contributed by atoms with van der Waals surface area (Å²) in [5, 5.41) is 10.2. The average molecular weight is 637 g/mol. The molecule has 0 aromatic heterocycles. The van der Waals surface area contributed by atoms with Crippen LogP contribution in [0.3, 0.4) is 0 Å². The van der Waals surface area contributed by atoms with Gasteiger partial charge in [-0.25, -0.2) is 0 Å². The molecule has 1 saturated heterocycles. The van der Waals surface area contributed by atoms with Gasteiger partial charge >= 0.3 is 113 Å². The zero-order chi connectivity index (χ0) is 23.3. The summed E-state index contributed by atoms with van der Waals surface area (Å²) in [5.41, 5.74) is 1.43. The number of thioether (sulfide) groups is 1. The SMILES string of the molecule is CCCCCCCCCCCCC1=CC2SC2(O)C=C1.[Ca+2].[Ca+2].[Ca+2].[O-]P([O-])([O-])=S.[O-]P([O-])([O-])=S. The van der Waals surface area contributed by atoms with Gasteiger partial charge in [0.25, 0.3) is 0 Å². The molecule has 0 aromatic rings. The Morgan fingerprint density at radius 2 is 1.18 bits per heavy atom. The normalized spacial score (nSPS) is 20.1. The smallest absolute Gasteiger partial charge is 0.844 e. The molecule has 1 heterocycles. The third-order valence-corrected chi connectivity index (χ3v) is 5.65. The van der Waals surface area contributed by atoms with Gasteiger partial charge in [0.15, 0.2) is 0 Å². The first-order chi connectivity index (χ1) is 13.7. The van der Waals surface area contributed by atoms with E-state index in [4.69, 9.17) is 29.4 Å². The van der Waals surface area contributed by atoms with Crippen LogP contribution in [0.25, 0.3) is 0 Å². The van der Waals surface area contributed by atoms with E-state index in [-0.39, 0.29) is 113 Å². The Kier molecular flexibility index (Phi) is 33.0. The Balaban J connectivity index is -0.000000276.